The summed E-state index contributed by atoms with van der Waals surface area (Å²) < 4.78 is 56.8. The summed E-state index contributed by atoms with van der Waals surface area (Å²) in [6.07, 6.45) is 0.772. The first-order valence-electron chi connectivity index (χ1n) is 7.28. The van der Waals surface area contributed by atoms with E-state index in [1.165, 1.54) is 15.7 Å². The van der Waals surface area contributed by atoms with E-state index in [4.69, 9.17) is 4.74 Å². The van der Waals surface area contributed by atoms with Gasteiger partial charge in [-0.3, -0.25) is 4.31 Å². The lowest BCUT2D eigenvalue weighted by Gasteiger charge is -2.28. The molecule has 3 rings (SSSR count). The summed E-state index contributed by atoms with van der Waals surface area (Å²) in [6.45, 7) is 0.330. The first-order chi connectivity index (χ1) is 10.7. The van der Waals surface area contributed by atoms with E-state index in [9.17, 15) is 16.8 Å². The van der Waals surface area contributed by atoms with Gasteiger partial charge in [0.15, 0.2) is 0 Å². The number of hydrogen-bond donors (Lipinski definition) is 0. The van der Waals surface area contributed by atoms with E-state index in [1.54, 1.807) is 24.3 Å². The summed E-state index contributed by atoms with van der Waals surface area (Å²) in [7, 11) is -5.70. The van der Waals surface area contributed by atoms with Crippen LogP contribution in [0, 0.1) is 0 Å². The first-order valence-corrected chi connectivity index (χ1v) is 10.6. The number of benzene rings is 1. The minimum absolute atomic E-state index is 0.0595. The topological polar surface area (TPSA) is 84.0 Å². The van der Waals surface area contributed by atoms with Crippen LogP contribution in [-0.2, 0) is 24.8 Å². The Morgan fingerprint density at radius 2 is 1.91 bits per heavy atom. The van der Waals surface area contributed by atoms with Crippen molar-refractivity contribution in [1.29, 1.82) is 0 Å². The highest BCUT2D eigenvalue weighted by molar-refractivity contribution is 7.94. The van der Waals surface area contributed by atoms with Gasteiger partial charge in [-0.15, -0.1) is 0 Å². The van der Waals surface area contributed by atoms with E-state index in [0.29, 0.717) is 5.69 Å². The second-order valence-electron chi connectivity index (χ2n) is 6.01. The zero-order chi connectivity index (χ0) is 16.9. The number of hydrogen-bond acceptors (Lipinski definition) is 5. The summed E-state index contributed by atoms with van der Waals surface area (Å²) in [5.41, 5.74) is 0.573. The summed E-state index contributed by atoms with van der Waals surface area (Å²) >= 11 is 0. The summed E-state index contributed by atoms with van der Waals surface area (Å²) in [5.74, 6) is 0. The molecule has 2 fully saturated rings. The average molecular weight is 360 g/mol. The van der Waals surface area contributed by atoms with Gasteiger partial charge in [-0.1, -0.05) is 18.2 Å². The van der Waals surface area contributed by atoms with Crippen LogP contribution in [0.1, 0.15) is 6.42 Å². The SMILES string of the molecule is CO[C@@H]1CN(c2ccccc2)S(=O)(=O)[C@@]12CCN(S(C)(=O)=O)C2. The third-order valence-corrected chi connectivity index (χ3v) is 8.56. The van der Waals surface area contributed by atoms with Crippen molar-refractivity contribution >= 4 is 25.7 Å². The highest BCUT2D eigenvalue weighted by atomic mass is 32.2. The van der Waals surface area contributed by atoms with Gasteiger partial charge in [0.25, 0.3) is 0 Å². The molecular weight excluding hydrogens is 340 g/mol. The standard InChI is InChI=1S/C14H20N2O5S2/c1-21-13-10-16(12-6-4-3-5-7-12)23(19,20)14(13)8-9-15(11-14)22(2,17)18/h3-7,13H,8-11H2,1-2H3/t13-,14-/m1/s1. The number of anilines is 1. The number of nitrogens with zero attached hydrogens (tertiary/aromatic N) is 2. The molecule has 7 nitrogen and oxygen atoms in total. The minimum Gasteiger partial charge on any atom is -0.378 e. The van der Waals surface area contributed by atoms with Crippen LogP contribution < -0.4 is 4.31 Å². The Bertz CT molecular complexity index is 794. The molecule has 2 atom stereocenters. The number of ether oxygens (including phenoxy) is 1. The molecule has 128 valence electrons. The van der Waals surface area contributed by atoms with Crippen molar-refractivity contribution in [2.45, 2.75) is 17.3 Å². The number of para-hydroxylation sites is 1. The quantitative estimate of drug-likeness (QED) is 0.772. The summed E-state index contributed by atoms with van der Waals surface area (Å²) in [4.78, 5) is 0. The smallest absolute Gasteiger partial charge is 0.245 e. The highest BCUT2D eigenvalue weighted by Gasteiger charge is 2.63. The van der Waals surface area contributed by atoms with Crippen molar-refractivity contribution in [2.75, 3.05) is 37.3 Å². The van der Waals surface area contributed by atoms with Gasteiger partial charge in [-0.25, -0.2) is 21.1 Å². The Balaban J connectivity index is 2.04. The first kappa shape index (κ1) is 16.7. The monoisotopic (exact) mass is 360 g/mol. The fraction of sp³-hybridized carbons (Fsp3) is 0.571. The third kappa shape index (κ3) is 2.46. The van der Waals surface area contributed by atoms with Gasteiger partial charge in [-0.05, 0) is 18.6 Å². The number of rotatable bonds is 3. The van der Waals surface area contributed by atoms with E-state index >= 15 is 0 Å². The predicted molar refractivity (Wildman–Crippen MR) is 87.3 cm³/mol. The third-order valence-electron chi connectivity index (χ3n) is 4.75. The van der Waals surface area contributed by atoms with Gasteiger partial charge in [0.05, 0.1) is 24.6 Å². The van der Waals surface area contributed by atoms with E-state index in [1.807, 2.05) is 6.07 Å². The average Bonchev–Trinajstić information content (AvgIpc) is 3.03. The van der Waals surface area contributed by atoms with E-state index in [0.717, 1.165) is 6.26 Å². The Kier molecular flexibility index (Phi) is 3.95. The maximum absolute atomic E-state index is 13.2. The Labute approximate surface area is 136 Å². The van der Waals surface area contributed by atoms with Gasteiger partial charge in [0, 0.05) is 20.2 Å². The van der Waals surface area contributed by atoms with Crippen LogP contribution in [0.25, 0.3) is 0 Å². The molecule has 2 aliphatic heterocycles. The molecule has 0 amide bonds. The number of methoxy groups -OCH3 is 1. The molecule has 0 aliphatic carbocycles. The van der Waals surface area contributed by atoms with Crippen LogP contribution in [0.15, 0.2) is 30.3 Å². The molecular formula is C14H20N2O5S2. The molecule has 0 bridgehead atoms. The van der Waals surface area contributed by atoms with E-state index in [2.05, 4.69) is 0 Å². The van der Waals surface area contributed by atoms with Crippen molar-refractivity contribution in [3.05, 3.63) is 30.3 Å². The second-order valence-corrected chi connectivity index (χ2v) is 10.2. The number of sulfonamides is 2. The van der Waals surface area contributed by atoms with Gasteiger partial charge in [0.2, 0.25) is 20.0 Å². The Morgan fingerprint density at radius 1 is 1.26 bits per heavy atom. The van der Waals surface area contributed by atoms with Crippen LogP contribution >= 0.6 is 0 Å². The molecule has 1 aromatic rings. The molecule has 0 N–H and O–H groups in total. The normalized spacial score (nSPS) is 31.0. The largest absolute Gasteiger partial charge is 0.378 e. The zero-order valence-electron chi connectivity index (χ0n) is 13.0. The summed E-state index contributed by atoms with van der Waals surface area (Å²) in [5, 5.41) is 0. The van der Waals surface area contributed by atoms with Crippen LogP contribution in [0.3, 0.4) is 0 Å². The molecule has 0 saturated carbocycles. The van der Waals surface area contributed by atoms with Crippen molar-refractivity contribution in [2.24, 2.45) is 0 Å². The minimum atomic E-state index is -3.73. The van der Waals surface area contributed by atoms with E-state index < -0.39 is 30.9 Å². The molecule has 1 aromatic carbocycles. The van der Waals surface area contributed by atoms with Gasteiger partial charge < -0.3 is 4.74 Å². The molecule has 2 aliphatic rings. The van der Waals surface area contributed by atoms with Crippen LogP contribution in [-0.4, -0.2) is 65.0 Å². The Morgan fingerprint density at radius 3 is 2.43 bits per heavy atom. The van der Waals surface area contributed by atoms with Crippen molar-refractivity contribution < 1.29 is 21.6 Å². The van der Waals surface area contributed by atoms with Gasteiger partial charge in [-0.2, -0.15) is 0 Å². The van der Waals surface area contributed by atoms with Crippen molar-refractivity contribution in [3.8, 4) is 0 Å². The van der Waals surface area contributed by atoms with Crippen LogP contribution in [0.4, 0.5) is 5.69 Å². The molecule has 2 saturated heterocycles. The maximum atomic E-state index is 13.2. The van der Waals surface area contributed by atoms with Crippen LogP contribution in [0.2, 0.25) is 0 Å². The van der Waals surface area contributed by atoms with Crippen LogP contribution in [0.5, 0.6) is 0 Å². The second kappa shape index (κ2) is 5.44. The Hall–Kier alpha value is -1.16. The maximum Gasteiger partial charge on any atom is 0.245 e. The fourth-order valence-corrected chi connectivity index (χ4v) is 6.77. The molecule has 2 heterocycles. The molecule has 0 radical (unpaired) electrons. The van der Waals surface area contributed by atoms with E-state index in [-0.39, 0.29) is 26.1 Å². The fourth-order valence-electron chi connectivity index (χ4n) is 3.46. The molecule has 9 heteroatoms. The lowest BCUT2D eigenvalue weighted by molar-refractivity contribution is 0.0846. The molecule has 1 spiro atoms. The molecule has 0 aromatic heterocycles. The highest BCUT2D eigenvalue weighted by Crippen LogP contribution is 2.44. The molecule has 23 heavy (non-hydrogen) atoms. The lowest BCUT2D eigenvalue weighted by Crippen LogP contribution is -2.49. The molecule has 0 unspecified atom stereocenters. The van der Waals surface area contributed by atoms with Gasteiger partial charge >= 0.3 is 0 Å². The zero-order valence-corrected chi connectivity index (χ0v) is 14.7. The van der Waals surface area contributed by atoms with Crippen molar-refractivity contribution in [1.82, 2.24) is 4.31 Å². The van der Waals surface area contributed by atoms with Crippen molar-refractivity contribution in [3.63, 3.8) is 0 Å². The summed E-state index contributed by atoms with van der Waals surface area (Å²) in [6, 6.07) is 8.82. The predicted octanol–water partition coefficient (Wildman–Crippen LogP) is 0.255. The van der Waals surface area contributed by atoms with Gasteiger partial charge in [0.1, 0.15) is 4.75 Å². The lowest BCUT2D eigenvalue weighted by atomic mass is 10.0.